The molecule has 21 heavy (non-hydrogen) atoms. The molecule has 116 valence electrons. The van der Waals surface area contributed by atoms with Crippen molar-refractivity contribution in [1.82, 2.24) is 5.43 Å². The number of nitrogens with one attached hydrogen (secondary N) is 1. The van der Waals surface area contributed by atoms with Crippen LogP contribution < -0.4 is 16.0 Å². The van der Waals surface area contributed by atoms with E-state index in [-0.39, 0.29) is 11.6 Å². The second kappa shape index (κ2) is 6.34. The van der Waals surface area contributed by atoms with Gasteiger partial charge in [0.1, 0.15) is 5.75 Å². The molecule has 0 spiro atoms. The van der Waals surface area contributed by atoms with Crippen molar-refractivity contribution >= 4 is 0 Å². The molecule has 2 aliphatic carbocycles. The standard InChI is InChI=1S/C17H26N2O2/c1-2-20-17(10-3-4-11-17)16(19-18)13-6-5-7-15(12-13)21-14-8-9-14/h5-7,12,14,16,19H,2-4,8-11,18H2,1H3. The van der Waals surface area contributed by atoms with Gasteiger partial charge in [-0.25, -0.2) is 0 Å². The lowest BCUT2D eigenvalue weighted by atomic mass is 9.87. The van der Waals surface area contributed by atoms with E-state index in [0.29, 0.717) is 6.10 Å². The maximum Gasteiger partial charge on any atom is 0.120 e. The van der Waals surface area contributed by atoms with Crippen LogP contribution in [0.4, 0.5) is 0 Å². The van der Waals surface area contributed by atoms with Crippen molar-refractivity contribution in [2.24, 2.45) is 5.84 Å². The third-order valence-corrected chi connectivity index (χ3v) is 4.59. The van der Waals surface area contributed by atoms with E-state index >= 15 is 0 Å². The van der Waals surface area contributed by atoms with Crippen molar-refractivity contribution < 1.29 is 9.47 Å². The Morgan fingerprint density at radius 2 is 2.10 bits per heavy atom. The average molecular weight is 290 g/mol. The van der Waals surface area contributed by atoms with Crippen LogP contribution in [-0.2, 0) is 4.74 Å². The summed E-state index contributed by atoms with van der Waals surface area (Å²) >= 11 is 0. The Morgan fingerprint density at radius 1 is 1.33 bits per heavy atom. The summed E-state index contributed by atoms with van der Waals surface area (Å²) in [5, 5.41) is 0. The summed E-state index contributed by atoms with van der Waals surface area (Å²) in [7, 11) is 0. The van der Waals surface area contributed by atoms with Crippen molar-refractivity contribution in [2.75, 3.05) is 6.61 Å². The van der Waals surface area contributed by atoms with Gasteiger partial charge >= 0.3 is 0 Å². The molecular formula is C17H26N2O2. The topological polar surface area (TPSA) is 56.5 Å². The van der Waals surface area contributed by atoms with E-state index in [1.54, 1.807) is 0 Å². The fourth-order valence-corrected chi connectivity index (χ4v) is 3.47. The molecule has 3 N–H and O–H groups in total. The average Bonchev–Trinajstić information content (AvgIpc) is 3.17. The zero-order chi connectivity index (χ0) is 14.7. The van der Waals surface area contributed by atoms with Gasteiger partial charge in [-0.05, 0) is 50.3 Å². The molecule has 0 saturated heterocycles. The SMILES string of the molecule is CCOC1(C(NN)c2cccc(OC3CC3)c2)CCCC1. The third kappa shape index (κ3) is 3.23. The maximum absolute atomic E-state index is 6.15. The monoisotopic (exact) mass is 290 g/mol. The van der Waals surface area contributed by atoms with Crippen molar-refractivity contribution in [3.05, 3.63) is 29.8 Å². The minimum Gasteiger partial charge on any atom is -0.490 e. The number of rotatable bonds is 7. The van der Waals surface area contributed by atoms with Gasteiger partial charge in [0.15, 0.2) is 0 Å². The van der Waals surface area contributed by atoms with Crippen molar-refractivity contribution in [1.29, 1.82) is 0 Å². The Balaban J connectivity index is 1.83. The van der Waals surface area contributed by atoms with Crippen LogP contribution in [0.3, 0.4) is 0 Å². The summed E-state index contributed by atoms with van der Waals surface area (Å²) in [6.45, 7) is 2.77. The number of hydrogen-bond donors (Lipinski definition) is 2. The molecule has 0 amide bonds. The fraction of sp³-hybridized carbons (Fsp3) is 0.647. The number of nitrogens with two attached hydrogens (primary N) is 1. The Morgan fingerprint density at radius 3 is 2.71 bits per heavy atom. The molecule has 1 unspecified atom stereocenters. The second-order valence-corrected chi connectivity index (χ2v) is 6.19. The zero-order valence-corrected chi connectivity index (χ0v) is 12.8. The Kier molecular flexibility index (Phi) is 4.48. The Labute approximate surface area is 127 Å². The highest BCUT2D eigenvalue weighted by atomic mass is 16.5. The van der Waals surface area contributed by atoms with Gasteiger partial charge in [-0.2, -0.15) is 0 Å². The summed E-state index contributed by atoms with van der Waals surface area (Å²) in [5.41, 5.74) is 3.98. The highest BCUT2D eigenvalue weighted by molar-refractivity contribution is 5.33. The van der Waals surface area contributed by atoms with Crippen LogP contribution in [0.5, 0.6) is 5.75 Å². The number of hydrazine groups is 1. The maximum atomic E-state index is 6.15. The smallest absolute Gasteiger partial charge is 0.120 e. The van der Waals surface area contributed by atoms with E-state index in [1.165, 1.54) is 25.7 Å². The van der Waals surface area contributed by atoms with Gasteiger partial charge in [-0.1, -0.05) is 25.0 Å². The number of hydrogen-bond acceptors (Lipinski definition) is 4. The van der Waals surface area contributed by atoms with E-state index in [4.69, 9.17) is 15.3 Å². The summed E-state index contributed by atoms with van der Waals surface area (Å²) in [6, 6.07) is 8.32. The molecule has 0 aliphatic heterocycles. The van der Waals surface area contributed by atoms with Crippen LogP contribution >= 0.6 is 0 Å². The normalized spacial score (nSPS) is 22.2. The van der Waals surface area contributed by atoms with E-state index in [0.717, 1.165) is 30.8 Å². The first-order valence-corrected chi connectivity index (χ1v) is 8.14. The van der Waals surface area contributed by atoms with E-state index in [1.807, 2.05) is 12.1 Å². The molecular weight excluding hydrogens is 264 g/mol. The number of ether oxygens (including phenoxy) is 2. The van der Waals surface area contributed by atoms with Gasteiger partial charge in [0.25, 0.3) is 0 Å². The van der Waals surface area contributed by atoms with E-state index in [2.05, 4.69) is 24.5 Å². The molecule has 0 aromatic heterocycles. The van der Waals surface area contributed by atoms with Gasteiger partial charge < -0.3 is 9.47 Å². The van der Waals surface area contributed by atoms with E-state index in [9.17, 15) is 0 Å². The Bertz CT molecular complexity index is 468. The largest absolute Gasteiger partial charge is 0.490 e. The molecule has 0 heterocycles. The van der Waals surface area contributed by atoms with Gasteiger partial charge in [-0.3, -0.25) is 11.3 Å². The third-order valence-electron chi connectivity index (χ3n) is 4.59. The molecule has 2 fully saturated rings. The van der Waals surface area contributed by atoms with Crippen LogP contribution in [0.25, 0.3) is 0 Å². The van der Waals surface area contributed by atoms with Gasteiger partial charge in [0.05, 0.1) is 17.7 Å². The van der Waals surface area contributed by atoms with Gasteiger partial charge in [0, 0.05) is 6.61 Å². The molecule has 0 bridgehead atoms. The molecule has 1 aromatic rings. The predicted octanol–water partition coefficient (Wildman–Crippen LogP) is 3.08. The second-order valence-electron chi connectivity index (χ2n) is 6.19. The quantitative estimate of drug-likeness (QED) is 0.598. The molecule has 0 radical (unpaired) electrons. The van der Waals surface area contributed by atoms with Crippen LogP contribution in [0.1, 0.15) is 57.1 Å². The minimum absolute atomic E-state index is 0.0164. The van der Waals surface area contributed by atoms with Crippen molar-refractivity contribution in [3.8, 4) is 5.75 Å². The first-order valence-electron chi connectivity index (χ1n) is 8.14. The van der Waals surface area contributed by atoms with Crippen LogP contribution in [0.15, 0.2) is 24.3 Å². The minimum atomic E-state index is -0.179. The molecule has 3 rings (SSSR count). The first kappa shape index (κ1) is 14.8. The van der Waals surface area contributed by atoms with Crippen LogP contribution in [0, 0.1) is 0 Å². The number of benzene rings is 1. The summed E-state index contributed by atoms with van der Waals surface area (Å²) in [5.74, 6) is 6.84. The molecule has 4 nitrogen and oxygen atoms in total. The highest BCUT2D eigenvalue weighted by Crippen LogP contribution is 2.43. The zero-order valence-electron chi connectivity index (χ0n) is 12.8. The molecule has 1 aromatic carbocycles. The van der Waals surface area contributed by atoms with E-state index < -0.39 is 0 Å². The molecule has 4 heteroatoms. The lowest BCUT2D eigenvalue weighted by Crippen LogP contribution is -2.46. The van der Waals surface area contributed by atoms with Crippen LogP contribution in [0.2, 0.25) is 0 Å². The Hall–Kier alpha value is -1.10. The summed E-state index contributed by atoms with van der Waals surface area (Å²) in [6.07, 6.45) is 7.29. The predicted molar refractivity (Wildman–Crippen MR) is 83.0 cm³/mol. The first-order chi connectivity index (χ1) is 10.3. The fourth-order valence-electron chi connectivity index (χ4n) is 3.47. The molecule has 1 atom stereocenters. The van der Waals surface area contributed by atoms with Crippen molar-refractivity contribution in [3.63, 3.8) is 0 Å². The van der Waals surface area contributed by atoms with Crippen LogP contribution in [-0.4, -0.2) is 18.3 Å². The molecule has 2 aliphatic rings. The summed E-state index contributed by atoms with van der Waals surface area (Å²) < 4.78 is 12.1. The van der Waals surface area contributed by atoms with Gasteiger partial charge in [0.2, 0.25) is 0 Å². The lowest BCUT2D eigenvalue weighted by Gasteiger charge is -2.37. The van der Waals surface area contributed by atoms with Crippen molar-refractivity contribution in [2.45, 2.75) is 63.2 Å². The van der Waals surface area contributed by atoms with Gasteiger partial charge in [-0.15, -0.1) is 0 Å². The molecule has 2 saturated carbocycles. The highest BCUT2D eigenvalue weighted by Gasteiger charge is 2.42. The summed E-state index contributed by atoms with van der Waals surface area (Å²) in [4.78, 5) is 0. The lowest BCUT2D eigenvalue weighted by molar-refractivity contribution is -0.0627.